The molecule has 0 aromatic heterocycles. The van der Waals surface area contributed by atoms with E-state index in [2.05, 4.69) is 30.7 Å². The summed E-state index contributed by atoms with van der Waals surface area (Å²) in [6, 6.07) is 7.13. The number of anilines is 2. The van der Waals surface area contributed by atoms with Crippen molar-refractivity contribution in [3.63, 3.8) is 0 Å². The van der Waals surface area contributed by atoms with Crippen LogP contribution in [-0.4, -0.2) is 32.5 Å². The van der Waals surface area contributed by atoms with E-state index in [-0.39, 0.29) is 5.82 Å². The molecule has 0 bridgehead atoms. The van der Waals surface area contributed by atoms with Crippen molar-refractivity contribution in [2.45, 2.75) is 32.7 Å². The smallest absolute Gasteiger partial charge is 0.124 e. The molecule has 0 saturated heterocycles. The van der Waals surface area contributed by atoms with Gasteiger partial charge in [0.2, 0.25) is 0 Å². The molecule has 4 heteroatoms. The molecular weight excluding hydrogens is 315 g/mol. The summed E-state index contributed by atoms with van der Waals surface area (Å²) in [5.74, 6) is -0.235. The number of likely N-dealkylation sites (N-methyl/N-ethyl adjacent to an activating group) is 1. The minimum Gasteiger partial charge on any atom is -0.371 e. The molecule has 1 atom stereocenters. The van der Waals surface area contributed by atoms with E-state index in [1.54, 1.807) is 0 Å². The van der Waals surface area contributed by atoms with Crippen molar-refractivity contribution in [3.8, 4) is 11.1 Å². The highest BCUT2D eigenvalue weighted by Crippen LogP contribution is 2.50. The Hall–Kier alpha value is -2.36. The molecule has 0 fully saturated rings. The molecule has 1 unspecified atom stereocenters. The van der Waals surface area contributed by atoms with Crippen LogP contribution in [0.15, 0.2) is 24.3 Å². The lowest BCUT2D eigenvalue weighted by atomic mass is 9.86. The normalized spacial score (nSPS) is 18.5. The van der Waals surface area contributed by atoms with Gasteiger partial charge in [0.05, 0.1) is 11.4 Å². The molecule has 0 amide bonds. The van der Waals surface area contributed by atoms with E-state index in [9.17, 15) is 9.18 Å². The van der Waals surface area contributed by atoms with Gasteiger partial charge in [0.1, 0.15) is 12.1 Å². The van der Waals surface area contributed by atoms with Gasteiger partial charge in [-0.15, -0.1) is 0 Å². The SMILES string of the molecule is Cc1c(CC=O)c(-c2ccc(F)cc2)c2c3c1N(C)CCN3C(C)C2. The average Bonchev–Trinajstić information content (AvgIpc) is 2.92. The van der Waals surface area contributed by atoms with Crippen molar-refractivity contribution in [1.29, 1.82) is 0 Å². The molecular formula is C21H23FN2O. The van der Waals surface area contributed by atoms with Gasteiger partial charge < -0.3 is 14.6 Å². The summed E-state index contributed by atoms with van der Waals surface area (Å²) in [6.45, 7) is 6.39. The van der Waals surface area contributed by atoms with Gasteiger partial charge in [-0.3, -0.25) is 0 Å². The summed E-state index contributed by atoms with van der Waals surface area (Å²) in [7, 11) is 2.13. The molecule has 0 spiro atoms. The standard InChI is InChI=1S/C21H23FN2O/c1-13-12-18-19(15-4-6-16(22)7-5-15)17(8-11-25)14(2)20-21(18)24(13)10-9-23(20)3/h4-7,11,13H,8-10,12H2,1-3H3. The Bertz CT molecular complexity index is 844. The number of benzene rings is 2. The summed E-state index contributed by atoms with van der Waals surface area (Å²) in [4.78, 5) is 16.2. The number of halogens is 1. The minimum absolute atomic E-state index is 0.235. The van der Waals surface area contributed by atoms with Crippen molar-refractivity contribution >= 4 is 17.7 Å². The van der Waals surface area contributed by atoms with Gasteiger partial charge >= 0.3 is 0 Å². The fourth-order valence-electron chi connectivity index (χ4n) is 4.56. The number of hydrogen-bond acceptors (Lipinski definition) is 3. The van der Waals surface area contributed by atoms with Crippen LogP contribution >= 0.6 is 0 Å². The number of carbonyl (C=O) groups is 1. The van der Waals surface area contributed by atoms with Crippen LogP contribution in [0.2, 0.25) is 0 Å². The van der Waals surface area contributed by atoms with Crippen molar-refractivity contribution in [1.82, 2.24) is 0 Å². The predicted molar refractivity (Wildman–Crippen MR) is 100 cm³/mol. The maximum absolute atomic E-state index is 13.4. The second-order valence-corrected chi connectivity index (χ2v) is 7.20. The van der Waals surface area contributed by atoms with Gasteiger partial charge in [-0.05, 0) is 60.2 Å². The van der Waals surface area contributed by atoms with E-state index in [0.29, 0.717) is 12.5 Å². The Morgan fingerprint density at radius 1 is 1.20 bits per heavy atom. The van der Waals surface area contributed by atoms with E-state index < -0.39 is 0 Å². The Balaban J connectivity index is 2.05. The van der Waals surface area contributed by atoms with E-state index in [4.69, 9.17) is 0 Å². The first-order valence-electron chi connectivity index (χ1n) is 8.88. The Kier molecular flexibility index (Phi) is 3.78. The fourth-order valence-corrected chi connectivity index (χ4v) is 4.56. The number of carbonyl (C=O) groups excluding carboxylic acids is 1. The third-order valence-electron chi connectivity index (χ3n) is 5.72. The molecule has 2 aliphatic heterocycles. The zero-order chi connectivity index (χ0) is 17.7. The van der Waals surface area contributed by atoms with E-state index >= 15 is 0 Å². The monoisotopic (exact) mass is 338 g/mol. The lowest BCUT2D eigenvalue weighted by Gasteiger charge is -2.38. The zero-order valence-electron chi connectivity index (χ0n) is 15.0. The first-order valence-corrected chi connectivity index (χ1v) is 8.88. The van der Waals surface area contributed by atoms with Gasteiger partial charge in [0.15, 0.2) is 0 Å². The highest BCUT2D eigenvalue weighted by atomic mass is 19.1. The van der Waals surface area contributed by atoms with Crippen LogP contribution in [0.5, 0.6) is 0 Å². The molecule has 2 aromatic carbocycles. The zero-order valence-corrected chi connectivity index (χ0v) is 15.0. The predicted octanol–water partition coefficient (Wildman–Crippen LogP) is 3.74. The molecule has 4 rings (SSSR count). The number of aldehydes is 1. The van der Waals surface area contributed by atoms with Crippen LogP contribution in [-0.2, 0) is 17.6 Å². The third kappa shape index (κ3) is 2.35. The Labute approximate surface area is 148 Å². The Morgan fingerprint density at radius 3 is 2.60 bits per heavy atom. The first kappa shape index (κ1) is 16.1. The molecule has 0 N–H and O–H groups in total. The van der Waals surface area contributed by atoms with Gasteiger partial charge in [-0.2, -0.15) is 0 Å². The average molecular weight is 338 g/mol. The van der Waals surface area contributed by atoms with Gasteiger partial charge in [-0.25, -0.2) is 4.39 Å². The minimum atomic E-state index is -0.235. The van der Waals surface area contributed by atoms with E-state index in [1.807, 2.05) is 12.1 Å². The molecule has 2 heterocycles. The van der Waals surface area contributed by atoms with Crippen molar-refractivity contribution in [2.75, 3.05) is 29.9 Å². The maximum Gasteiger partial charge on any atom is 0.124 e. The molecule has 2 aliphatic rings. The van der Waals surface area contributed by atoms with E-state index in [0.717, 1.165) is 42.5 Å². The van der Waals surface area contributed by atoms with Gasteiger partial charge in [-0.1, -0.05) is 12.1 Å². The maximum atomic E-state index is 13.4. The summed E-state index contributed by atoms with van der Waals surface area (Å²) in [5, 5.41) is 0. The topological polar surface area (TPSA) is 23.6 Å². The Morgan fingerprint density at radius 2 is 1.92 bits per heavy atom. The second-order valence-electron chi connectivity index (χ2n) is 7.20. The summed E-state index contributed by atoms with van der Waals surface area (Å²) in [6.07, 6.45) is 2.34. The van der Waals surface area contributed by atoms with Crippen molar-refractivity contribution in [3.05, 3.63) is 46.8 Å². The lowest BCUT2D eigenvalue weighted by Crippen LogP contribution is -2.41. The summed E-state index contributed by atoms with van der Waals surface area (Å²) in [5.41, 5.74) is 8.27. The van der Waals surface area contributed by atoms with Crippen LogP contribution in [0.4, 0.5) is 15.8 Å². The fraction of sp³-hybridized carbons (Fsp3) is 0.381. The largest absolute Gasteiger partial charge is 0.371 e. The molecule has 0 radical (unpaired) electrons. The van der Waals surface area contributed by atoms with Crippen LogP contribution in [0.25, 0.3) is 11.1 Å². The third-order valence-corrected chi connectivity index (χ3v) is 5.72. The molecule has 25 heavy (non-hydrogen) atoms. The van der Waals surface area contributed by atoms with Crippen LogP contribution in [0.3, 0.4) is 0 Å². The van der Waals surface area contributed by atoms with Crippen molar-refractivity contribution < 1.29 is 9.18 Å². The summed E-state index contributed by atoms with van der Waals surface area (Å²) >= 11 is 0. The molecule has 0 saturated carbocycles. The van der Waals surface area contributed by atoms with Crippen LogP contribution in [0.1, 0.15) is 23.6 Å². The lowest BCUT2D eigenvalue weighted by molar-refractivity contribution is -0.107. The van der Waals surface area contributed by atoms with Crippen LogP contribution < -0.4 is 9.80 Å². The first-order chi connectivity index (χ1) is 12.0. The highest BCUT2D eigenvalue weighted by Gasteiger charge is 2.37. The number of rotatable bonds is 3. The molecule has 2 aromatic rings. The van der Waals surface area contributed by atoms with Gasteiger partial charge in [0.25, 0.3) is 0 Å². The summed E-state index contributed by atoms with van der Waals surface area (Å²) < 4.78 is 13.4. The molecule has 0 aliphatic carbocycles. The quantitative estimate of drug-likeness (QED) is 0.797. The number of nitrogens with zero attached hydrogens (tertiary/aromatic N) is 2. The highest BCUT2D eigenvalue weighted by molar-refractivity contribution is 5.92. The molecule has 130 valence electrons. The van der Waals surface area contributed by atoms with Crippen molar-refractivity contribution in [2.24, 2.45) is 0 Å². The number of hydrogen-bond donors (Lipinski definition) is 0. The van der Waals surface area contributed by atoms with Crippen LogP contribution in [0, 0.1) is 12.7 Å². The second kappa shape index (κ2) is 5.87. The molecule has 3 nitrogen and oxygen atoms in total. The van der Waals surface area contributed by atoms with E-state index in [1.165, 1.54) is 34.6 Å². The van der Waals surface area contributed by atoms with Gasteiger partial charge in [0, 0.05) is 32.6 Å².